The molecule has 22 heavy (non-hydrogen) atoms. The first-order valence-corrected chi connectivity index (χ1v) is 8.31. The monoisotopic (exact) mass is 318 g/mol. The molecule has 0 saturated carbocycles. The Hall–Kier alpha value is -2.34. The van der Waals surface area contributed by atoms with E-state index in [1.54, 1.807) is 12.1 Å². The Labute approximate surface area is 130 Å². The van der Waals surface area contributed by atoms with E-state index in [1.807, 2.05) is 26.0 Å². The molecule has 0 heterocycles. The van der Waals surface area contributed by atoms with Gasteiger partial charge in [-0.1, -0.05) is 32.0 Å². The molecule has 2 rings (SSSR count). The van der Waals surface area contributed by atoms with E-state index in [2.05, 4.69) is 4.72 Å². The second-order valence-corrected chi connectivity index (χ2v) is 6.92. The summed E-state index contributed by atoms with van der Waals surface area (Å²) in [6, 6.07) is 12.8. The molecule has 0 unspecified atom stereocenters. The van der Waals surface area contributed by atoms with Crippen molar-refractivity contribution < 1.29 is 13.2 Å². The zero-order chi connectivity index (χ0) is 16.3. The van der Waals surface area contributed by atoms with E-state index in [4.69, 9.17) is 5.73 Å². The molecule has 2 aromatic carbocycles. The fourth-order valence-corrected chi connectivity index (χ4v) is 3.18. The molecule has 0 bridgehead atoms. The first-order valence-electron chi connectivity index (χ1n) is 6.83. The third-order valence-corrected chi connectivity index (χ3v) is 4.66. The Morgan fingerprint density at radius 3 is 2.18 bits per heavy atom. The summed E-state index contributed by atoms with van der Waals surface area (Å²) >= 11 is 0. The number of rotatable bonds is 5. The van der Waals surface area contributed by atoms with E-state index >= 15 is 0 Å². The largest absolute Gasteiger partial charge is 0.366 e. The lowest BCUT2D eigenvalue weighted by atomic mass is 10.0. The van der Waals surface area contributed by atoms with Gasteiger partial charge in [-0.05, 0) is 41.8 Å². The van der Waals surface area contributed by atoms with Crippen LogP contribution in [-0.4, -0.2) is 14.3 Å². The highest BCUT2D eigenvalue weighted by Crippen LogP contribution is 2.26. The van der Waals surface area contributed by atoms with Gasteiger partial charge < -0.3 is 5.73 Å². The van der Waals surface area contributed by atoms with Crippen molar-refractivity contribution in [1.82, 2.24) is 0 Å². The van der Waals surface area contributed by atoms with Crippen LogP contribution in [0.4, 0.5) is 5.69 Å². The average Bonchev–Trinajstić information content (AvgIpc) is 2.47. The van der Waals surface area contributed by atoms with Crippen molar-refractivity contribution in [3.63, 3.8) is 0 Å². The van der Waals surface area contributed by atoms with E-state index in [9.17, 15) is 13.2 Å². The molecule has 0 aliphatic rings. The van der Waals surface area contributed by atoms with Crippen molar-refractivity contribution in [2.75, 3.05) is 4.72 Å². The van der Waals surface area contributed by atoms with Crippen molar-refractivity contribution >= 4 is 21.6 Å². The summed E-state index contributed by atoms with van der Waals surface area (Å²) in [6.45, 7) is 3.99. The molecule has 0 aliphatic heterocycles. The van der Waals surface area contributed by atoms with Crippen LogP contribution in [0.2, 0.25) is 0 Å². The van der Waals surface area contributed by atoms with Gasteiger partial charge in [-0.15, -0.1) is 0 Å². The molecule has 3 N–H and O–H groups in total. The lowest BCUT2D eigenvalue weighted by molar-refractivity contribution is 0.1000. The molecule has 0 fully saturated rings. The van der Waals surface area contributed by atoms with Crippen molar-refractivity contribution in [2.45, 2.75) is 24.7 Å². The molecule has 0 spiro atoms. The topological polar surface area (TPSA) is 89.3 Å². The molecule has 1 amide bonds. The van der Waals surface area contributed by atoms with E-state index < -0.39 is 15.9 Å². The highest BCUT2D eigenvalue weighted by Gasteiger charge is 2.17. The van der Waals surface area contributed by atoms with Gasteiger partial charge in [-0.2, -0.15) is 0 Å². The van der Waals surface area contributed by atoms with Crippen LogP contribution < -0.4 is 10.5 Å². The minimum Gasteiger partial charge on any atom is -0.366 e. The van der Waals surface area contributed by atoms with Gasteiger partial charge in [0.15, 0.2) is 0 Å². The molecule has 0 radical (unpaired) electrons. The number of primary amides is 1. The molecule has 0 atom stereocenters. The van der Waals surface area contributed by atoms with Crippen LogP contribution in [0.15, 0.2) is 53.4 Å². The zero-order valence-electron chi connectivity index (χ0n) is 12.4. The van der Waals surface area contributed by atoms with Gasteiger partial charge in [0.25, 0.3) is 10.0 Å². The highest BCUT2D eigenvalue weighted by atomic mass is 32.2. The van der Waals surface area contributed by atoms with Gasteiger partial charge in [0, 0.05) is 5.56 Å². The van der Waals surface area contributed by atoms with Crippen LogP contribution in [0.3, 0.4) is 0 Å². The first kappa shape index (κ1) is 16.0. The number of benzene rings is 2. The lowest BCUT2D eigenvalue weighted by Crippen LogP contribution is -2.15. The van der Waals surface area contributed by atoms with Crippen LogP contribution in [-0.2, 0) is 10.0 Å². The van der Waals surface area contributed by atoms with Gasteiger partial charge in [-0.3, -0.25) is 9.52 Å². The van der Waals surface area contributed by atoms with E-state index in [0.717, 1.165) is 5.56 Å². The molecule has 0 saturated heterocycles. The summed E-state index contributed by atoms with van der Waals surface area (Å²) in [7, 11) is -3.71. The van der Waals surface area contributed by atoms with Gasteiger partial charge in [0.05, 0.1) is 10.6 Å². The van der Waals surface area contributed by atoms with Crippen molar-refractivity contribution in [3.8, 4) is 0 Å². The Bertz CT molecular complexity index is 781. The molecular formula is C16H18N2O3S. The number of hydrogen-bond donors (Lipinski definition) is 2. The summed E-state index contributed by atoms with van der Waals surface area (Å²) < 4.78 is 27.4. The van der Waals surface area contributed by atoms with E-state index in [-0.39, 0.29) is 16.4 Å². The quantitative estimate of drug-likeness (QED) is 0.888. The normalized spacial score (nSPS) is 11.4. The minimum atomic E-state index is -3.71. The van der Waals surface area contributed by atoms with Gasteiger partial charge >= 0.3 is 0 Å². The number of sulfonamides is 1. The number of anilines is 1. The molecule has 2 aromatic rings. The van der Waals surface area contributed by atoms with Gasteiger partial charge in [0.1, 0.15) is 0 Å². The second kappa shape index (κ2) is 6.19. The number of para-hydroxylation sites is 1. The Morgan fingerprint density at radius 1 is 1.05 bits per heavy atom. The minimum absolute atomic E-state index is 0.0797. The fourth-order valence-electron chi connectivity index (χ4n) is 2.10. The van der Waals surface area contributed by atoms with Crippen molar-refractivity contribution in [2.24, 2.45) is 5.73 Å². The van der Waals surface area contributed by atoms with Crippen molar-refractivity contribution in [1.29, 1.82) is 0 Å². The van der Waals surface area contributed by atoms with Crippen LogP contribution in [0.1, 0.15) is 35.7 Å². The highest BCUT2D eigenvalue weighted by molar-refractivity contribution is 7.92. The number of hydrogen-bond acceptors (Lipinski definition) is 3. The lowest BCUT2D eigenvalue weighted by Gasteiger charge is -2.14. The number of carbonyl (C=O) groups excluding carboxylic acids is 1. The third-order valence-electron chi connectivity index (χ3n) is 3.28. The summed E-state index contributed by atoms with van der Waals surface area (Å²) in [4.78, 5) is 11.1. The predicted molar refractivity (Wildman–Crippen MR) is 86.3 cm³/mol. The maximum absolute atomic E-state index is 12.4. The van der Waals surface area contributed by atoms with E-state index in [0.29, 0.717) is 5.69 Å². The van der Waals surface area contributed by atoms with Crippen LogP contribution >= 0.6 is 0 Å². The van der Waals surface area contributed by atoms with Crippen LogP contribution in [0, 0.1) is 0 Å². The standard InChI is InChI=1S/C16H18N2O3S/c1-11(2)14-5-3-4-6-15(14)18-22(20,21)13-9-7-12(8-10-13)16(17)19/h3-11,18H,1-2H3,(H2,17,19). The van der Waals surface area contributed by atoms with Crippen LogP contribution in [0.25, 0.3) is 0 Å². The summed E-state index contributed by atoms with van der Waals surface area (Å²) in [6.07, 6.45) is 0. The molecule has 5 nitrogen and oxygen atoms in total. The van der Waals surface area contributed by atoms with E-state index in [1.165, 1.54) is 24.3 Å². The Morgan fingerprint density at radius 2 is 1.64 bits per heavy atom. The molecular weight excluding hydrogens is 300 g/mol. The number of nitrogens with two attached hydrogens (primary N) is 1. The Kier molecular flexibility index (Phi) is 4.51. The average molecular weight is 318 g/mol. The maximum Gasteiger partial charge on any atom is 0.261 e. The van der Waals surface area contributed by atoms with Crippen LogP contribution in [0.5, 0.6) is 0 Å². The Balaban J connectivity index is 2.34. The smallest absolute Gasteiger partial charge is 0.261 e. The van der Waals surface area contributed by atoms with Crippen molar-refractivity contribution in [3.05, 3.63) is 59.7 Å². The second-order valence-electron chi connectivity index (χ2n) is 5.24. The maximum atomic E-state index is 12.4. The summed E-state index contributed by atoms with van der Waals surface area (Å²) in [5, 5.41) is 0. The molecule has 116 valence electrons. The number of nitrogens with one attached hydrogen (secondary N) is 1. The van der Waals surface area contributed by atoms with Gasteiger partial charge in [0.2, 0.25) is 5.91 Å². The molecule has 6 heteroatoms. The fraction of sp³-hybridized carbons (Fsp3) is 0.188. The molecule has 0 aromatic heterocycles. The van der Waals surface area contributed by atoms with Gasteiger partial charge in [-0.25, -0.2) is 8.42 Å². The first-order chi connectivity index (χ1) is 10.3. The zero-order valence-corrected chi connectivity index (χ0v) is 13.2. The third kappa shape index (κ3) is 3.46. The number of amides is 1. The predicted octanol–water partition coefficient (Wildman–Crippen LogP) is 2.71. The summed E-state index contributed by atoms with van der Waals surface area (Å²) in [5.41, 5.74) is 6.88. The number of carbonyl (C=O) groups is 1. The summed E-state index contributed by atoms with van der Waals surface area (Å²) in [5.74, 6) is -0.404. The molecule has 0 aliphatic carbocycles. The SMILES string of the molecule is CC(C)c1ccccc1NS(=O)(=O)c1ccc(C(N)=O)cc1.